The lowest BCUT2D eigenvalue weighted by molar-refractivity contribution is -0.384. The number of aromatic carboxylic acids is 1. The van der Waals surface area contributed by atoms with Gasteiger partial charge < -0.3 is 14.6 Å². The van der Waals surface area contributed by atoms with Crippen LogP contribution in [-0.4, -0.2) is 28.7 Å². The Balaban J connectivity index is 2.39. The van der Waals surface area contributed by atoms with E-state index in [0.29, 0.717) is 22.6 Å². The normalized spacial score (nSPS) is 14.3. The van der Waals surface area contributed by atoms with Crippen LogP contribution in [0.2, 0.25) is 0 Å². The number of nitrogens with zero attached hydrogens (tertiary/aromatic N) is 1. The van der Waals surface area contributed by atoms with Crippen molar-refractivity contribution < 1.29 is 24.3 Å². The zero-order chi connectivity index (χ0) is 19.1. The van der Waals surface area contributed by atoms with Gasteiger partial charge in [0.15, 0.2) is 0 Å². The van der Waals surface area contributed by atoms with Gasteiger partial charge in [-0.15, -0.1) is 0 Å². The largest absolute Gasteiger partial charge is 0.497 e. The number of ether oxygens (including phenoxy) is 2. The number of nitro benzene ring substituents is 1. The molecule has 0 spiro atoms. The molecule has 0 amide bonds. The first-order chi connectivity index (χ1) is 12.2. The summed E-state index contributed by atoms with van der Waals surface area (Å²) in [5, 5.41) is 21.1. The summed E-state index contributed by atoms with van der Waals surface area (Å²) in [6.07, 6.45) is 3.61. The quantitative estimate of drug-likeness (QED) is 0.653. The number of carbonyl (C=O) groups is 1. The van der Waals surface area contributed by atoms with E-state index >= 15 is 0 Å². The van der Waals surface area contributed by atoms with Crippen LogP contribution < -0.4 is 9.47 Å². The van der Waals surface area contributed by atoms with Crippen molar-refractivity contribution in [2.24, 2.45) is 0 Å². The number of benzene rings is 2. The molecule has 7 heteroatoms. The topological polar surface area (TPSA) is 98.9 Å². The fourth-order valence-electron chi connectivity index (χ4n) is 2.94. The van der Waals surface area contributed by atoms with Crippen LogP contribution in [0.1, 0.15) is 29.8 Å². The lowest BCUT2D eigenvalue weighted by atomic mass is 9.90. The molecule has 0 aromatic heterocycles. The Kier molecular flexibility index (Phi) is 4.15. The van der Waals surface area contributed by atoms with Crippen molar-refractivity contribution in [2.45, 2.75) is 19.4 Å². The molecule has 3 rings (SSSR count). The maximum atomic E-state index is 11.7. The standard InChI is InChI=1S/C19H17NO6/c1-19(2)8-7-12-14(9-11(25-3)10-16(12)26-19)17-13(18(21)22)5-4-6-15(17)20(23)24/h4-10H,1-3H3,(H,21,22). The predicted molar refractivity (Wildman–Crippen MR) is 95.8 cm³/mol. The SMILES string of the molecule is COc1cc2c(c(-c3c(C(=O)O)cccc3[N+](=O)[O-])c1)C=CC(C)(C)O2. The van der Waals surface area contributed by atoms with E-state index in [4.69, 9.17) is 9.47 Å². The number of hydrogen-bond acceptors (Lipinski definition) is 5. The molecule has 0 atom stereocenters. The molecule has 2 aromatic carbocycles. The van der Waals surface area contributed by atoms with Gasteiger partial charge in [-0.25, -0.2) is 4.79 Å². The summed E-state index contributed by atoms with van der Waals surface area (Å²) in [7, 11) is 1.47. The Labute approximate surface area is 149 Å². The van der Waals surface area contributed by atoms with Crippen molar-refractivity contribution in [2.75, 3.05) is 7.11 Å². The molecule has 7 nitrogen and oxygen atoms in total. The Morgan fingerprint density at radius 2 is 2.04 bits per heavy atom. The number of rotatable bonds is 4. The number of carboxylic acids is 1. The van der Waals surface area contributed by atoms with Gasteiger partial charge in [0.25, 0.3) is 5.69 Å². The summed E-state index contributed by atoms with van der Waals surface area (Å²) in [6, 6.07) is 7.24. The summed E-state index contributed by atoms with van der Waals surface area (Å²) in [5.41, 5.74) is -0.0492. The van der Waals surface area contributed by atoms with Crippen LogP contribution in [-0.2, 0) is 0 Å². The predicted octanol–water partition coefficient (Wildman–Crippen LogP) is 4.15. The summed E-state index contributed by atoms with van der Waals surface area (Å²) in [6.45, 7) is 3.75. The Morgan fingerprint density at radius 3 is 2.65 bits per heavy atom. The number of carboxylic acid groups (broad SMARTS) is 1. The van der Waals surface area contributed by atoms with E-state index in [1.54, 1.807) is 18.2 Å². The molecule has 1 aliphatic rings. The van der Waals surface area contributed by atoms with E-state index < -0.39 is 16.5 Å². The molecule has 0 saturated carbocycles. The molecule has 26 heavy (non-hydrogen) atoms. The van der Waals surface area contributed by atoms with Gasteiger partial charge in [-0.3, -0.25) is 10.1 Å². The minimum absolute atomic E-state index is 0.0214. The molecule has 0 fully saturated rings. The molecule has 0 bridgehead atoms. The molecular formula is C19H17NO6. The highest BCUT2D eigenvalue weighted by atomic mass is 16.6. The highest BCUT2D eigenvalue weighted by Gasteiger charge is 2.29. The van der Waals surface area contributed by atoms with E-state index in [9.17, 15) is 20.0 Å². The first-order valence-corrected chi connectivity index (χ1v) is 7.85. The van der Waals surface area contributed by atoms with E-state index in [0.717, 1.165) is 0 Å². The van der Waals surface area contributed by atoms with Crippen LogP contribution in [0.4, 0.5) is 5.69 Å². The third-order valence-corrected chi connectivity index (χ3v) is 4.11. The molecule has 2 aromatic rings. The maximum absolute atomic E-state index is 11.7. The van der Waals surface area contributed by atoms with Crippen molar-refractivity contribution in [1.82, 2.24) is 0 Å². The third kappa shape index (κ3) is 2.99. The Morgan fingerprint density at radius 1 is 1.31 bits per heavy atom. The van der Waals surface area contributed by atoms with Gasteiger partial charge in [0, 0.05) is 23.3 Å². The lowest BCUT2D eigenvalue weighted by Crippen LogP contribution is -2.27. The second-order valence-corrected chi connectivity index (χ2v) is 6.39. The number of nitro groups is 1. The molecule has 0 unspecified atom stereocenters. The third-order valence-electron chi connectivity index (χ3n) is 4.11. The summed E-state index contributed by atoms with van der Waals surface area (Å²) in [5.74, 6) is -0.359. The van der Waals surface area contributed by atoms with Crippen LogP contribution in [0.25, 0.3) is 17.2 Å². The second-order valence-electron chi connectivity index (χ2n) is 6.39. The van der Waals surface area contributed by atoms with Crippen LogP contribution in [0, 0.1) is 10.1 Å². The highest BCUT2D eigenvalue weighted by Crippen LogP contribution is 2.44. The summed E-state index contributed by atoms with van der Waals surface area (Å²) < 4.78 is 11.2. The highest BCUT2D eigenvalue weighted by molar-refractivity contribution is 6.01. The van der Waals surface area contributed by atoms with Crippen LogP contribution in [0.5, 0.6) is 11.5 Å². The average Bonchev–Trinajstić information content (AvgIpc) is 2.58. The van der Waals surface area contributed by atoms with E-state index in [1.807, 2.05) is 19.9 Å². The van der Waals surface area contributed by atoms with Crippen molar-refractivity contribution in [3.63, 3.8) is 0 Å². The number of hydrogen-bond donors (Lipinski definition) is 1. The van der Waals surface area contributed by atoms with Crippen molar-refractivity contribution in [1.29, 1.82) is 0 Å². The van der Waals surface area contributed by atoms with Crippen LogP contribution >= 0.6 is 0 Å². The summed E-state index contributed by atoms with van der Waals surface area (Å²) in [4.78, 5) is 22.6. The summed E-state index contributed by atoms with van der Waals surface area (Å²) >= 11 is 0. The zero-order valence-corrected chi connectivity index (χ0v) is 14.5. The monoisotopic (exact) mass is 355 g/mol. The maximum Gasteiger partial charge on any atom is 0.336 e. The van der Waals surface area contributed by atoms with Gasteiger partial charge in [-0.05, 0) is 32.1 Å². The number of fused-ring (bicyclic) bond motifs is 1. The molecule has 0 radical (unpaired) electrons. The molecule has 1 heterocycles. The van der Waals surface area contributed by atoms with Gasteiger partial charge in [0.2, 0.25) is 0 Å². The Hall–Kier alpha value is -3.35. The fraction of sp³-hybridized carbons (Fsp3) is 0.211. The molecule has 0 saturated heterocycles. The van der Waals surface area contributed by atoms with E-state index in [-0.39, 0.29) is 16.8 Å². The van der Waals surface area contributed by atoms with Gasteiger partial charge >= 0.3 is 5.97 Å². The molecular weight excluding hydrogens is 338 g/mol. The first kappa shape index (κ1) is 17.5. The van der Waals surface area contributed by atoms with E-state index in [1.165, 1.54) is 25.3 Å². The van der Waals surface area contributed by atoms with Crippen LogP contribution in [0.15, 0.2) is 36.4 Å². The molecule has 134 valence electrons. The fourth-order valence-corrected chi connectivity index (χ4v) is 2.94. The molecule has 0 aliphatic carbocycles. The minimum Gasteiger partial charge on any atom is -0.497 e. The number of methoxy groups -OCH3 is 1. The Bertz CT molecular complexity index is 913. The first-order valence-electron chi connectivity index (χ1n) is 7.85. The van der Waals surface area contributed by atoms with Crippen LogP contribution in [0.3, 0.4) is 0 Å². The van der Waals surface area contributed by atoms with Crippen molar-refractivity contribution in [3.05, 3.63) is 57.6 Å². The van der Waals surface area contributed by atoms with Gasteiger partial charge in [-0.1, -0.05) is 12.1 Å². The van der Waals surface area contributed by atoms with Gasteiger partial charge in [-0.2, -0.15) is 0 Å². The smallest absolute Gasteiger partial charge is 0.336 e. The minimum atomic E-state index is -1.25. The molecule has 1 N–H and O–H groups in total. The molecule has 1 aliphatic heterocycles. The lowest BCUT2D eigenvalue weighted by Gasteiger charge is -2.29. The zero-order valence-electron chi connectivity index (χ0n) is 14.5. The van der Waals surface area contributed by atoms with E-state index in [2.05, 4.69) is 0 Å². The second kappa shape index (κ2) is 6.18. The van der Waals surface area contributed by atoms with Gasteiger partial charge in [0.05, 0.1) is 23.2 Å². The van der Waals surface area contributed by atoms with Crippen molar-refractivity contribution >= 4 is 17.7 Å². The van der Waals surface area contributed by atoms with Gasteiger partial charge in [0.1, 0.15) is 17.1 Å². The average molecular weight is 355 g/mol. The van der Waals surface area contributed by atoms with Crippen molar-refractivity contribution in [3.8, 4) is 22.6 Å².